The van der Waals surface area contributed by atoms with Crippen molar-refractivity contribution in [2.45, 2.75) is 433 Å². The second-order valence-corrected chi connectivity index (χ2v) is 32.7. The molecule has 17 nitrogen and oxygen atoms in total. The highest BCUT2D eigenvalue weighted by Gasteiger charge is 2.30. The smallest absolute Gasteiger partial charge is 0.462 e. The predicted molar refractivity (Wildman–Crippen MR) is 405 cm³/mol. The van der Waals surface area contributed by atoms with Gasteiger partial charge in [-0.25, -0.2) is 9.13 Å². The van der Waals surface area contributed by atoms with Crippen LogP contribution in [0.4, 0.5) is 0 Å². The van der Waals surface area contributed by atoms with Crippen LogP contribution in [0.3, 0.4) is 0 Å². The zero-order valence-corrected chi connectivity index (χ0v) is 66.8. The molecular weight excluding hydrogens is 1290 g/mol. The molecular formula is C80H156O17P2. The summed E-state index contributed by atoms with van der Waals surface area (Å²) in [5.74, 6) is 0.246. The van der Waals surface area contributed by atoms with Crippen molar-refractivity contribution in [2.75, 3.05) is 39.6 Å². The van der Waals surface area contributed by atoms with Gasteiger partial charge in [-0.1, -0.05) is 363 Å². The summed E-state index contributed by atoms with van der Waals surface area (Å²) < 4.78 is 68.6. The van der Waals surface area contributed by atoms with Crippen molar-refractivity contribution in [1.82, 2.24) is 0 Å². The van der Waals surface area contributed by atoms with Crippen LogP contribution >= 0.6 is 15.6 Å². The van der Waals surface area contributed by atoms with E-state index in [1.807, 2.05) is 0 Å². The standard InChI is InChI=1S/C80H156O17P2/c1-8-11-12-13-14-15-16-17-25-28-35-40-49-56-63-80(85)97-76(68-91-78(83)62-55-48-43-42-44-51-58-71(4)5)70-95-99(88,89)93-66-74(81)65-92-98(86,87)94-69-75(67-90-77(82)61-54-47-39-34-31-30-33-38-46-53-60-73(7)10-3)96-79(84)64-57-50-41-36-29-26-23-21-19-18-20-22-24-27-32-37-45-52-59-72(6)9-2/h71-76,81H,8-70H2,1-7H3,(H,86,87)(H,88,89)/t72?,73?,74-,75-,76-/m1/s1. The van der Waals surface area contributed by atoms with E-state index in [4.69, 9.17) is 37.0 Å². The van der Waals surface area contributed by atoms with Crippen LogP contribution in [0.5, 0.6) is 0 Å². The third-order valence-corrected chi connectivity index (χ3v) is 21.3. The number of hydrogen-bond acceptors (Lipinski definition) is 15. The zero-order valence-electron chi connectivity index (χ0n) is 65.0. The molecule has 0 aromatic heterocycles. The van der Waals surface area contributed by atoms with E-state index in [-0.39, 0.29) is 25.7 Å². The first-order valence-electron chi connectivity index (χ1n) is 41.4. The third kappa shape index (κ3) is 71.5. The molecule has 0 amide bonds. The van der Waals surface area contributed by atoms with Gasteiger partial charge < -0.3 is 33.8 Å². The van der Waals surface area contributed by atoms with Crippen molar-refractivity contribution in [3.05, 3.63) is 0 Å². The van der Waals surface area contributed by atoms with Crippen LogP contribution in [0, 0.1) is 17.8 Å². The maximum Gasteiger partial charge on any atom is 0.472 e. The molecule has 0 aromatic rings. The van der Waals surface area contributed by atoms with Gasteiger partial charge in [-0.05, 0) is 43.4 Å². The first-order chi connectivity index (χ1) is 47.8. The molecule has 0 radical (unpaired) electrons. The second-order valence-electron chi connectivity index (χ2n) is 29.8. The normalized spacial score (nSPS) is 14.5. The quantitative estimate of drug-likeness (QED) is 0.0222. The highest BCUT2D eigenvalue weighted by Crippen LogP contribution is 2.45. The molecule has 0 aliphatic carbocycles. The fourth-order valence-corrected chi connectivity index (χ4v) is 13.8. The molecule has 0 aromatic carbocycles. The molecule has 3 N–H and O–H groups in total. The Morgan fingerprint density at radius 1 is 0.293 bits per heavy atom. The van der Waals surface area contributed by atoms with E-state index in [1.54, 1.807) is 0 Å². The van der Waals surface area contributed by atoms with Crippen LogP contribution in [0.25, 0.3) is 0 Å². The molecule has 0 rings (SSSR count). The van der Waals surface area contributed by atoms with Gasteiger partial charge in [0.25, 0.3) is 0 Å². The highest BCUT2D eigenvalue weighted by molar-refractivity contribution is 7.47. The number of unbranched alkanes of at least 4 members (excludes halogenated alkanes) is 44. The van der Waals surface area contributed by atoms with Crippen molar-refractivity contribution in [2.24, 2.45) is 17.8 Å². The fraction of sp³-hybridized carbons (Fsp3) is 0.950. The maximum atomic E-state index is 13.1. The summed E-state index contributed by atoms with van der Waals surface area (Å²) >= 11 is 0. The van der Waals surface area contributed by atoms with Crippen LogP contribution in [-0.4, -0.2) is 96.7 Å². The number of carbonyl (C=O) groups is 4. The minimum Gasteiger partial charge on any atom is -0.462 e. The summed E-state index contributed by atoms with van der Waals surface area (Å²) in [5.41, 5.74) is 0. The number of rotatable bonds is 78. The number of ether oxygens (including phenoxy) is 4. The number of esters is 4. The van der Waals surface area contributed by atoms with Gasteiger partial charge in [-0.2, -0.15) is 0 Å². The summed E-state index contributed by atoms with van der Waals surface area (Å²) in [6, 6.07) is 0. The largest absolute Gasteiger partial charge is 0.472 e. The second kappa shape index (κ2) is 70.4. The van der Waals surface area contributed by atoms with Crippen molar-refractivity contribution in [3.8, 4) is 0 Å². The van der Waals surface area contributed by atoms with Gasteiger partial charge in [-0.15, -0.1) is 0 Å². The Hall–Kier alpha value is -1.94. The highest BCUT2D eigenvalue weighted by atomic mass is 31.2. The monoisotopic (exact) mass is 1450 g/mol. The molecule has 0 bridgehead atoms. The molecule has 0 aliphatic heterocycles. The Bertz CT molecular complexity index is 1930. The van der Waals surface area contributed by atoms with Crippen molar-refractivity contribution in [1.29, 1.82) is 0 Å². The summed E-state index contributed by atoms with van der Waals surface area (Å²) in [5, 5.41) is 10.6. The van der Waals surface area contributed by atoms with Crippen molar-refractivity contribution < 1.29 is 80.2 Å². The fourth-order valence-electron chi connectivity index (χ4n) is 12.2. The molecule has 0 spiro atoms. The first-order valence-corrected chi connectivity index (χ1v) is 44.4. The lowest BCUT2D eigenvalue weighted by molar-refractivity contribution is -0.161. The molecule has 0 saturated heterocycles. The van der Waals surface area contributed by atoms with Crippen LogP contribution < -0.4 is 0 Å². The number of aliphatic hydroxyl groups excluding tert-OH is 1. The molecule has 19 heteroatoms. The minimum atomic E-state index is -4.96. The summed E-state index contributed by atoms with van der Waals surface area (Å²) in [6.45, 7) is 11.9. The molecule has 7 atom stereocenters. The molecule has 0 saturated carbocycles. The Morgan fingerprint density at radius 2 is 0.515 bits per heavy atom. The molecule has 0 fully saturated rings. The van der Waals surface area contributed by atoms with E-state index in [0.29, 0.717) is 31.6 Å². The van der Waals surface area contributed by atoms with Crippen molar-refractivity contribution in [3.63, 3.8) is 0 Å². The first kappa shape index (κ1) is 97.1. The minimum absolute atomic E-state index is 0.107. The van der Waals surface area contributed by atoms with E-state index < -0.39 is 97.5 Å². The van der Waals surface area contributed by atoms with Gasteiger partial charge in [0, 0.05) is 25.7 Å². The van der Waals surface area contributed by atoms with E-state index in [0.717, 1.165) is 108 Å². The predicted octanol–water partition coefficient (Wildman–Crippen LogP) is 23.7. The lowest BCUT2D eigenvalue weighted by Crippen LogP contribution is -2.30. The van der Waals surface area contributed by atoms with Crippen LogP contribution in [0.15, 0.2) is 0 Å². The molecule has 99 heavy (non-hydrogen) atoms. The van der Waals surface area contributed by atoms with Gasteiger partial charge in [0.15, 0.2) is 12.2 Å². The lowest BCUT2D eigenvalue weighted by Gasteiger charge is -2.21. The number of carbonyl (C=O) groups excluding carboxylic acids is 4. The number of phosphoric acid groups is 2. The number of aliphatic hydroxyl groups is 1. The topological polar surface area (TPSA) is 237 Å². The zero-order chi connectivity index (χ0) is 73.0. The molecule has 588 valence electrons. The SMILES string of the molecule is CCCCCCCCCCCCCCCCC(=O)O[C@H](COC(=O)CCCCCCCCC(C)C)COP(=O)(O)OC[C@H](O)COP(=O)(O)OC[C@@H](COC(=O)CCCCCCCCCCCCC(C)CC)OC(=O)CCCCCCCCCCCCCCCCCCCCC(C)CC. The third-order valence-electron chi connectivity index (χ3n) is 19.4. The van der Waals surface area contributed by atoms with Gasteiger partial charge >= 0.3 is 39.5 Å². The van der Waals surface area contributed by atoms with Gasteiger partial charge in [0.1, 0.15) is 19.3 Å². The Kier molecular flexibility index (Phi) is 69.0. The van der Waals surface area contributed by atoms with Crippen LogP contribution in [0.1, 0.15) is 414 Å². The molecule has 0 heterocycles. The van der Waals surface area contributed by atoms with Crippen LogP contribution in [0.2, 0.25) is 0 Å². The summed E-state index contributed by atoms with van der Waals surface area (Å²) in [6.07, 6.45) is 58.3. The Morgan fingerprint density at radius 3 is 0.768 bits per heavy atom. The summed E-state index contributed by atoms with van der Waals surface area (Å²) in [7, 11) is -9.92. The van der Waals surface area contributed by atoms with E-state index >= 15 is 0 Å². The molecule has 4 unspecified atom stereocenters. The maximum absolute atomic E-state index is 13.1. The number of hydrogen-bond donors (Lipinski definition) is 3. The lowest BCUT2D eigenvalue weighted by atomic mass is 9.99. The average molecular weight is 1450 g/mol. The van der Waals surface area contributed by atoms with Gasteiger partial charge in [0.2, 0.25) is 0 Å². The average Bonchev–Trinajstić information content (AvgIpc) is 1.11. The van der Waals surface area contributed by atoms with Crippen molar-refractivity contribution >= 4 is 39.5 Å². The molecule has 0 aliphatic rings. The van der Waals surface area contributed by atoms with Gasteiger partial charge in [0.05, 0.1) is 26.4 Å². The number of phosphoric ester groups is 2. The van der Waals surface area contributed by atoms with Crippen LogP contribution in [-0.2, 0) is 65.4 Å². The van der Waals surface area contributed by atoms with Gasteiger partial charge in [-0.3, -0.25) is 37.3 Å². The Labute approximate surface area is 607 Å². The Balaban J connectivity index is 5.20. The van der Waals surface area contributed by atoms with E-state index in [9.17, 15) is 43.2 Å². The van der Waals surface area contributed by atoms with E-state index in [2.05, 4.69) is 48.5 Å². The van der Waals surface area contributed by atoms with E-state index in [1.165, 1.54) is 218 Å². The summed E-state index contributed by atoms with van der Waals surface area (Å²) in [4.78, 5) is 72.9.